The Morgan fingerprint density at radius 3 is 2.86 bits per heavy atom. The smallest absolute Gasteiger partial charge is 0.257 e. The Bertz CT molecular complexity index is 683. The number of aromatic nitrogens is 2. The number of β-amino-alcohol motifs (C(OH)–C–C–N with tert-alkyl or cyclic N) is 1. The summed E-state index contributed by atoms with van der Waals surface area (Å²) >= 11 is 6.21. The number of aryl methyl sites for hydroxylation is 1. The van der Waals surface area contributed by atoms with Gasteiger partial charge in [0.15, 0.2) is 0 Å². The van der Waals surface area contributed by atoms with Gasteiger partial charge >= 0.3 is 0 Å². The number of halogens is 1. The standard InChI is InChI=1S/C15H16ClN3O2/c1-18-9-12(15(21)19-7-6-10(20)8-19)14(17-18)11-4-2-3-5-13(11)16/h2-5,9-10,20H,6-8H2,1H3/t10-/m1/s1. The summed E-state index contributed by atoms with van der Waals surface area (Å²) in [6.45, 7) is 0.937. The summed E-state index contributed by atoms with van der Waals surface area (Å²) in [7, 11) is 1.77. The lowest BCUT2D eigenvalue weighted by Gasteiger charge is -2.15. The van der Waals surface area contributed by atoms with Crippen LogP contribution in [0, 0.1) is 0 Å². The Kier molecular flexibility index (Phi) is 3.69. The minimum absolute atomic E-state index is 0.116. The zero-order chi connectivity index (χ0) is 15.0. The fraction of sp³-hybridized carbons (Fsp3) is 0.333. The highest BCUT2D eigenvalue weighted by atomic mass is 35.5. The molecule has 1 aliphatic rings. The molecule has 0 aliphatic carbocycles. The lowest BCUT2D eigenvalue weighted by atomic mass is 10.1. The average molecular weight is 306 g/mol. The highest BCUT2D eigenvalue weighted by molar-refractivity contribution is 6.33. The van der Waals surface area contributed by atoms with E-state index in [0.29, 0.717) is 35.8 Å². The molecule has 1 saturated heterocycles. The van der Waals surface area contributed by atoms with E-state index < -0.39 is 6.10 Å². The predicted octanol–water partition coefficient (Wildman–Crippen LogP) is 1.95. The molecule has 0 unspecified atom stereocenters. The molecule has 1 aromatic carbocycles. The van der Waals surface area contributed by atoms with Gasteiger partial charge in [0.1, 0.15) is 5.69 Å². The Morgan fingerprint density at radius 1 is 1.43 bits per heavy atom. The maximum atomic E-state index is 12.6. The molecular formula is C15H16ClN3O2. The molecule has 1 amide bonds. The molecule has 0 spiro atoms. The van der Waals surface area contributed by atoms with E-state index in [1.54, 1.807) is 28.9 Å². The van der Waals surface area contributed by atoms with Crippen LogP contribution in [0.2, 0.25) is 5.02 Å². The molecule has 3 rings (SSSR count). The second-order valence-corrected chi connectivity index (χ2v) is 5.65. The van der Waals surface area contributed by atoms with Gasteiger partial charge < -0.3 is 10.0 Å². The van der Waals surface area contributed by atoms with Crippen LogP contribution in [0.4, 0.5) is 0 Å². The third kappa shape index (κ3) is 2.66. The van der Waals surface area contributed by atoms with E-state index in [2.05, 4.69) is 5.10 Å². The van der Waals surface area contributed by atoms with E-state index in [4.69, 9.17) is 11.6 Å². The molecule has 1 aliphatic heterocycles. The number of likely N-dealkylation sites (tertiary alicyclic amines) is 1. The molecule has 1 fully saturated rings. The summed E-state index contributed by atoms with van der Waals surface area (Å²) in [5, 5.41) is 14.5. The normalized spacial score (nSPS) is 18.2. The lowest BCUT2D eigenvalue weighted by Crippen LogP contribution is -2.29. The molecule has 0 bridgehead atoms. The fourth-order valence-electron chi connectivity index (χ4n) is 2.59. The van der Waals surface area contributed by atoms with E-state index in [1.807, 2.05) is 18.2 Å². The molecule has 2 heterocycles. The number of carbonyl (C=O) groups excluding carboxylic acids is 1. The van der Waals surface area contributed by atoms with Crippen molar-refractivity contribution in [1.29, 1.82) is 0 Å². The topological polar surface area (TPSA) is 58.4 Å². The number of carbonyl (C=O) groups is 1. The second-order valence-electron chi connectivity index (χ2n) is 5.24. The molecule has 1 atom stereocenters. The van der Waals surface area contributed by atoms with Crippen molar-refractivity contribution in [1.82, 2.24) is 14.7 Å². The van der Waals surface area contributed by atoms with Gasteiger partial charge in [-0.2, -0.15) is 5.10 Å². The molecule has 1 aromatic heterocycles. The van der Waals surface area contributed by atoms with E-state index >= 15 is 0 Å². The summed E-state index contributed by atoms with van der Waals surface area (Å²) < 4.78 is 1.61. The first-order valence-corrected chi connectivity index (χ1v) is 7.20. The summed E-state index contributed by atoms with van der Waals surface area (Å²) in [4.78, 5) is 14.3. The van der Waals surface area contributed by atoms with Crippen LogP contribution in [0.3, 0.4) is 0 Å². The molecule has 5 nitrogen and oxygen atoms in total. The van der Waals surface area contributed by atoms with Crippen LogP contribution in [-0.2, 0) is 7.05 Å². The van der Waals surface area contributed by atoms with Gasteiger partial charge in [0.05, 0.1) is 16.7 Å². The summed E-state index contributed by atoms with van der Waals surface area (Å²) in [5.74, 6) is -0.116. The van der Waals surface area contributed by atoms with Crippen molar-refractivity contribution in [2.24, 2.45) is 7.05 Å². The highest BCUT2D eigenvalue weighted by Gasteiger charge is 2.28. The number of amides is 1. The SMILES string of the molecule is Cn1cc(C(=O)N2CC[C@@H](O)C2)c(-c2ccccc2Cl)n1. The molecule has 0 saturated carbocycles. The van der Waals surface area contributed by atoms with Crippen LogP contribution >= 0.6 is 11.6 Å². The Morgan fingerprint density at radius 2 is 2.19 bits per heavy atom. The van der Waals surface area contributed by atoms with Crippen molar-refractivity contribution in [3.63, 3.8) is 0 Å². The third-order valence-electron chi connectivity index (χ3n) is 3.64. The van der Waals surface area contributed by atoms with Crippen LogP contribution < -0.4 is 0 Å². The maximum absolute atomic E-state index is 12.6. The van der Waals surface area contributed by atoms with Crippen LogP contribution in [0.15, 0.2) is 30.5 Å². The van der Waals surface area contributed by atoms with Crippen LogP contribution in [0.25, 0.3) is 11.3 Å². The third-order valence-corrected chi connectivity index (χ3v) is 3.97. The second kappa shape index (κ2) is 5.50. The van der Waals surface area contributed by atoms with Gasteiger partial charge in [-0.3, -0.25) is 9.48 Å². The minimum atomic E-state index is -0.436. The Labute approximate surface area is 127 Å². The number of aliphatic hydroxyl groups excluding tert-OH is 1. The first kappa shape index (κ1) is 14.1. The zero-order valence-electron chi connectivity index (χ0n) is 11.7. The zero-order valence-corrected chi connectivity index (χ0v) is 12.4. The predicted molar refractivity (Wildman–Crippen MR) is 80.2 cm³/mol. The fourth-order valence-corrected chi connectivity index (χ4v) is 2.82. The Balaban J connectivity index is 2.00. The number of nitrogens with zero attached hydrogens (tertiary/aromatic N) is 3. The molecule has 1 N–H and O–H groups in total. The molecule has 110 valence electrons. The highest BCUT2D eigenvalue weighted by Crippen LogP contribution is 2.30. The van der Waals surface area contributed by atoms with Gasteiger partial charge in [0.2, 0.25) is 0 Å². The molecule has 2 aromatic rings. The summed E-state index contributed by atoms with van der Waals surface area (Å²) in [6.07, 6.45) is 1.88. The van der Waals surface area contributed by atoms with E-state index in [0.717, 1.165) is 5.56 Å². The lowest BCUT2D eigenvalue weighted by molar-refractivity contribution is 0.0765. The monoisotopic (exact) mass is 305 g/mol. The van der Waals surface area contributed by atoms with Crippen molar-refractivity contribution in [2.75, 3.05) is 13.1 Å². The van der Waals surface area contributed by atoms with Gasteiger partial charge in [-0.15, -0.1) is 0 Å². The summed E-state index contributed by atoms with van der Waals surface area (Å²) in [6, 6.07) is 7.33. The van der Waals surface area contributed by atoms with Crippen molar-refractivity contribution in [3.8, 4) is 11.3 Å². The van der Waals surface area contributed by atoms with Crippen molar-refractivity contribution in [2.45, 2.75) is 12.5 Å². The number of benzene rings is 1. The Hall–Kier alpha value is -1.85. The molecule has 0 radical (unpaired) electrons. The van der Waals surface area contributed by atoms with Crippen molar-refractivity contribution in [3.05, 3.63) is 41.0 Å². The maximum Gasteiger partial charge on any atom is 0.257 e. The number of hydrogen-bond acceptors (Lipinski definition) is 3. The van der Waals surface area contributed by atoms with E-state index in [9.17, 15) is 9.90 Å². The molecule has 21 heavy (non-hydrogen) atoms. The van der Waals surface area contributed by atoms with Crippen LogP contribution in [-0.4, -0.2) is 44.9 Å². The van der Waals surface area contributed by atoms with Gasteiger partial charge in [-0.05, 0) is 12.5 Å². The van der Waals surface area contributed by atoms with Crippen LogP contribution in [0.5, 0.6) is 0 Å². The average Bonchev–Trinajstić information content (AvgIpc) is 3.05. The minimum Gasteiger partial charge on any atom is -0.391 e. The first-order valence-electron chi connectivity index (χ1n) is 6.82. The number of rotatable bonds is 2. The van der Waals surface area contributed by atoms with Crippen molar-refractivity contribution < 1.29 is 9.90 Å². The van der Waals surface area contributed by atoms with Crippen molar-refractivity contribution >= 4 is 17.5 Å². The summed E-state index contributed by atoms with van der Waals surface area (Å²) in [5.41, 5.74) is 1.83. The van der Waals surface area contributed by atoms with E-state index in [1.165, 1.54) is 0 Å². The largest absolute Gasteiger partial charge is 0.391 e. The molecular weight excluding hydrogens is 290 g/mol. The first-order chi connectivity index (χ1) is 10.1. The van der Waals surface area contributed by atoms with Gasteiger partial charge in [0, 0.05) is 31.9 Å². The van der Waals surface area contributed by atoms with E-state index in [-0.39, 0.29) is 5.91 Å². The quantitative estimate of drug-likeness (QED) is 0.922. The molecule has 6 heteroatoms. The van der Waals surface area contributed by atoms with Gasteiger partial charge in [-0.1, -0.05) is 29.8 Å². The van der Waals surface area contributed by atoms with Gasteiger partial charge in [0.25, 0.3) is 5.91 Å². The number of aliphatic hydroxyl groups is 1. The number of hydrogen-bond donors (Lipinski definition) is 1. The van der Waals surface area contributed by atoms with Gasteiger partial charge in [-0.25, -0.2) is 0 Å². The van der Waals surface area contributed by atoms with Crippen LogP contribution in [0.1, 0.15) is 16.8 Å².